The molecule has 2 fully saturated rings. The summed E-state index contributed by atoms with van der Waals surface area (Å²) in [5, 5.41) is 0. The summed E-state index contributed by atoms with van der Waals surface area (Å²) >= 11 is 0. The Kier molecular flexibility index (Phi) is 4.10. The van der Waals surface area contributed by atoms with Gasteiger partial charge in [-0.25, -0.2) is 4.39 Å². The Morgan fingerprint density at radius 1 is 1.00 bits per heavy atom. The van der Waals surface area contributed by atoms with Gasteiger partial charge in [0, 0.05) is 17.6 Å². The van der Waals surface area contributed by atoms with E-state index in [1.165, 1.54) is 11.1 Å². The lowest BCUT2D eigenvalue weighted by Gasteiger charge is -2.39. The molecule has 2 aliphatic rings. The topological polar surface area (TPSA) is 20.3 Å². The Labute approximate surface area is 148 Å². The smallest absolute Gasteiger partial charge is 0.254 e. The number of piperidine rings is 1. The lowest BCUT2D eigenvalue weighted by Crippen LogP contribution is -2.46. The summed E-state index contributed by atoms with van der Waals surface area (Å²) in [6, 6.07) is 13.6. The zero-order valence-corrected chi connectivity index (χ0v) is 14.8. The highest BCUT2D eigenvalue weighted by Gasteiger charge is 2.43. The van der Waals surface area contributed by atoms with Gasteiger partial charge in [-0.2, -0.15) is 0 Å². The first kappa shape index (κ1) is 16.3. The third kappa shape index (κ3) is 2.97. The number of amides is 1. The van der Waals surface area contributed by atoms with Crippen LogP contribution < -0.4 is 0 Å². The molecule has 0 radical (unpaired) electrons. The van der Waals surface area contributed by atoms with Gasteiger partial charge in [-0.1, -0.05) is 29.8 Å². The molecule has 2 aromatic carbocycles. The Morgan fingerprint density at radius 2 is 1.64 bits per heavy atom. The summed E-state index contributed by atoms with van der Waals surface area (Å²) in [5.41, 5.74) is 4.29. The summed E-state index contributed by atoms with van der Waals surface area (Å²) in [6.07, 6.45) is 4.13. The molecule has 4 rings (SSSR count). The number of benzene rings is 2. The minimum Gasteiger partial charge on any atom is -0.333 e. The van der Waals surface area contributed by atoms with E-state index in [4.69, 9.17) is 0 Å². The van der Waals surface area contributed by atoms with Crippen molar-refractivity contribution in [3.05, 3.63) is 70.5 Å². The minimum absolute atomic E-state index is 0.183. The number of hydrogen-bond acceptors (Lipinski definition) is 1. The van der Waals surface area contributed by atoms with Crippen LogP contribution in [0.5, 0.6) is 0 Å². The maximum Gasteiger partial charge on any atom is 0.254 e. The largest absolute Gasteiger partial charge is 0.333 e. The SMILES string of the molecule is Cc1ccc(C(=O)N2[C@@H]3CC[C@H]2CC(c2ccc(F)cc2)C3)c(C)c1. The van der Waals surface area contributed by atoms with Crippen molar-refractivity contribution in [2.75, 3.05) is 0 Å². The Bertz CT molecular complexity index is 784. The molecule has 2 aromatic rings. The second-order valence-electron chi connectivity index (χ2n) is 7.64. The number of rotatable bonds is 2. The summed E-state index contributed by atoms with van der Waals surface area (Å²) in [6.45, 7) is 4.08. The number of fused-ring (bicyclic) bond motifs is 2. The van der Waals surface area contributed by atoms with E-state index in [2.05, 4.69) is 17.9 Å². The van der Waals surface area contributed by atoms with Gasteiger partial charge in [-0.05, 0) is 74.8 Å². The molecule has 0 N–H and O–H groups in total. The first-order valence-corrected chi connectivity index (χ1v) is 9.18. The Balaban J connectivity index is 1.56. The molecule has 3 atom stereocenters. The van der Waals surface area contributed by atoms with Crippen molar-refractivity contribution in [2.45, 2.75) is 57.5 Å². The maximum atomic E-state index is 13.2. The van der Waals surface area contributed by atoms with Crippen molar-refractivity contribution >= 4 is 5.91 Å². The second kappa shape index (κ2) is 6.29. The van der Waals surface area contributed by atoms with Crippen LogP contribution in [0.1, 0.15) is 58.6 Å². The summed E-state index contributed by atoms with van der Waals surface area (Å²) in [5.74, 6) is 0.429. The Morgan fingerprint density at radius 3 is 2.24 bits per heavy atom. The molecule has 0 spiro atoms. The first-order chi connectivity index (χ1) is 12.0. The van der Waals surface area contributed by atoms with Gasteiger partial charge in [-0.15, -0.1) is 0 Å². The predicted molar refractivity (Wildman–Crippen MR) is 97.3 cm³/mol. The summed E-state index contributed by atoms with van der Waals surface area (Å²) in [7, 11) is 0. The molecule has 2 saturated heterocycles. The number of hydrogen-bond donors (Lipinski definition) is 0. The monoisotopic (exact) mass is 337 g/mol. The van der Waals surface area contributed by atoms with Crippen LogP contribution in [-0.4, -0.2) is 22.9 Å². The first-order valence-electron chi connectivity index (χ1n) is 9.18. The van der Waals surface area contributed by atoms with Crippen molar-refractivity contribution in [3.63, 3.8) is 0 Å². The molecule has 1 unspecified atom stereocenters. The molecule has 2 aliphatic heterocycles. The fraction of sp³-hybridized carbons (Fsp3) is 0.409. The average Bonchev–Trinajstić information content (AvgIpc) is 2.85. The van der Waals surface area contributed by atoms with Gasteiger partial charge in [0.25, 0.3) is 5.91 Å². The standard InChI is InChI=1S/C22H24FNO/c1-14-3-10-21(15(2)11-14)22(25)24-19-8-9-20(24)13-17(12-19)16-4-6-18(23)7-5-16/h3-7,10-11,17,19-20H,8-9,12-13H2,1-2H3/t17?,19-,20+. The number of nitrogens with zero attached hydrogens (tertiary/aromatic N) is 1. The minimum atomic E-state index is -0.186. The summed E-state index contributed by atoms with van der Waals surface area (Å²) in [4.78, 5) is 15.3. The normalized spacial score (nSPS) is 25.2. The van der Waals surface area contributed by atoms with Crippen molar-refractivity contribution in [2.24, 2.45) is 0 Å². The van der Waals surface area contributed by atoms with Crippen LogP contribution in [0.4, 0.5) is 4.39 Å². The van der Waals surface area contributed by atoms with E-state index in [1.807, 2.05) is 31.2 Å². The van der Waals surface area contributed by atoms with E-state index in [0.717, 1.165) is 36.8 Å². The number of aryl methyl sites for hydroxylation is 2. The maximum absolute atomic E-state index is 13.2. The van der Waals surface area contributed by atoms with Gasteiger partial charge in [0.2, 0.25) is 0 Å². The quantitative estimate of drug-likeness (QED) is 0.756. The van der Waals surface area contributed by atoms with Crippen LogP contribution >= 0.6 is 0 Å². The zero-order chi connectivity index (χ0) is 17.6. The van der Waals surface area contributed by atoms with E-state index >= 15 is 0 Å². The van der Waals surface area contributed by atoms with Crippen LogP contribution in [0, 0.1) is 19.7 Å². The third-order valence-corrected chi connectivity index (χ3v) is 5.92. The highest BCUT2D eigenvalue weighted by atomic mass is 19.1. The highest BCUT2D eigenvalue weighted by molar-refractivity contribution is 5.96. The van der Waals surface area contributed by atoms with E-state index in [-0.39, 0.29) is 11.7 Å². The molecule has 25 heavy (non-hydrogen) atoms. The number of halogens is 1. The molecule has 0 aliphatic carbocycles. The zero-order valence-electron chi connectivity index (χ0n) is 14.8. The van der Waals surface area contributed by atoms with E-state index in [9.17, 15) is 9.18 Å². The molecule has 0 saturated carbocycles. The van der Waals surface area contributed by atoms with Gasteiger partial charge in [0.15, 0.2) is 0 Å². The fourth-order valence-corrected chi connectivity index (χ4v) is 4.71. The number of carbonyl (C=O) groups excluding carboxylic acids is 1. The van der Waals surface area contributed by atoms with Crippen LogP contribution in [0.15, 0.2) is 42.5 Å². The van der Waals surface area contributed by atoms with E-state index < -0.39 is 0 Å². The van der Waals surface area contributed by atoms with Gasteiger partial charge in [0.05, 0.1) is 0 Å². The molecule has 3 heteroatoms. The molecule has 0 aromatic heterocycles. The van der Waals surface area contributed by atoms with Gasteiger partial charge < -0.3 is 4.90 Å². The molecule has 130 valence electrons. The Hall–Kier alpha value is -2.16. The van der Waals surface area contributed by atoms with Gasteiger partial charge >= 0.3 is 0 Å². The summed E-state index contributed by atoms with van der Waals surface area (Å²) < 4.78 is 13.2. The van der Waals surface area contributed by atoms with Crippen molar-refractivity contribution in [1.29, 1.82) is 0 Å². The fourth-order valence-electron chi connectivity index (χ4n) is 4.71. The molecule has 2 nitrogen and oxygen atoms in total. The molecular formula is C22H24FNO. The highest BCUT2D eigenvalue weighted by Crippen LogP contribution is 2.43. The lowest BCUT2D eigenvalue weighted by atomic mass is 9.84. The van der Waals surface area contributed by atoms with Crippen LogP contribution in [0.3, 0.4) is 0 Å². The van der Waals surface area contributed by atoms with E-state index in [1.54, 1.807) is 12.1 Å². The van der Waals surface area contributed by atoms with Crippen molar-refractivity contribution in [1.82, 2.24) is 4.90 Å². The molecule has 1 amide bonds. The van der Waals surface area contributed by atoms with Crippen LogP contribution in [0.2, 0.25) is 0 Å². The molecular weight excluding hydrogens is 313 g/mol. The van der Waals surface area contributed by atoms with Crippen LogP contribution in [0.25, 0.3) is 0 Å². The molecule has 2 bridgehead atoms. The third-order valence-electron chi connectivity index (χ3n) is 5.92. The van der Waals surface area contributed by atoms with Crippen molar-refractivity contribution in [3.8, 4) is 0 Å². The van der Waals surface area contributed by atoms with Crippen molar-refractivity contribution < 1.29 is 9.18 Å². The molecule has 2 heterocycles. The van der Waals surface area contributed by atoms with Crippen LogP contribution in [-0.2, 0) is 0 Å². The average molecular weight is 337 g/mol. The number of carbonyl (C=O) groups is 1. The van der Waals surface area contributed by atoms with Gasteiger partial charge in [-0.3, -0.25) is 4.79 Å². The predicted octanol–water partition coefficient (Wildman–Crippen LogP) is 4.99. The van der Waals surface area contributed by atoms with E-state index in [0.29, 0.717) is 18.0 Å². The van der Waals surface area contributed by atoms with Gasteiger partial charge in [0.1, 0.15) is 5.82 Å². The second-order valence-corrected chi connectivity index (χ2v) is 7.64. The lowest BCUT2D eigenvalue weighted by molar-refractivity contribution is 0.0571.